The highest BCUT2D eigenvalue weighted by molar-refractivity contribution is 7.33. The molecule has 2 aliphatic rings. The van der Waals surface area contributed by atoms with E-state index in [0.717, 1.165) is 6.42 Å². The Bertz CT molecular complexity index is 3240. The van der Waals surface area contributed by atoms with Crippen LogP contribution in [-0.2, 0) is 17.3 Å². The van der Waals surface area contributed by atoms with Crippen LogP contribution in [0, 0.1) is 0 Å². The van der Waals surface area contributed by atoms with Crippen LogP contribution >= 0.6 is 22.7 Å². The number of aryl methyl sites for hydroxylation is 1. The lowest BCUT2D eigenvalue weighted by atomic mass is 9.36. The van der Waals surface area contributed by atoms with E-state index in [4.69, 9.17) is 0 Å². The van der Waals surface area contributed by atoms with Gasteiger partial charge in [-0.15, -0.1) is 22.7 Å². The van der Waals surface area contributed by atoms with Gasteiger partial charge in [0.1, 0.15) is 0 Å². The van der Waals surface area contributed by atoms with Crippen molar-refractivity contribution in [1.29, 1.82) is 0 Å². The Balaban J connectivity index is 1.22. The van der Waals surface area contributed by atoms with E-state index in [1.165, 1.54) is 113 Å². The quantitative estimate of drug-likeness (QED) is 0.159. The zero-order chi connectivity index (χ0) is 42.8. The Labute approximate surface area is 375 Å². The SMILES string of the molecule is CCc1ccc(N2c3cccc4c3B(c3cc(C(C)C)ccc3N4c3ccc(C(C)(C)C)cc3-c3ccc4sc5ccccc5c4c3)c3sc4ccc(C(C)(C)C)cc4c32)cc1. The molecule has 0 saturated heterocycles. The molecule has 2 nitrogen and oxygen atoms in total. The Morgan fingerprint density at radius 3 is 1.95 bits per heavy atom. The zero-order valence-electron chi connectivity index (χ0n) is 37.4. The minimum Gasteiger partial charge on any atom is -0.311 e. The van der Waals surface area contributed by atoms with Gasteiger partial charge in [0.15, 0.2) is 0 Å². The van der Waals surface area contributed by atoms with Gasteiger partial charge in [0.2, 0.25) is 0 Å². The van der Waals surface area contributed by atoms with Crippen molar-refractivity contribution >= 4 is 109 Å². The summed E-state index contributed by atoms with van der Waals surface area (Å²) in [6.45, 7) is 21.0. The van der Waals surface area contributed by atoms with Crippen LogP contribution in [0.25, 0.3) is 41.4 Å². The van der Waals surface area contributed by atoms with Gasteiger partial charge in [-0.1, -0.05) is 129 Å². The summed E-state index contributed by atoms with van der Waals surface area (Å²) in [6, 6.07) is 54.3. The van der Waals surface area contributed by atoms with Crippen molar-refractivity contribution in [2.24, 2.45) is 0 Å². The molecule has 0 radical (unpaired) electrons. The van der Waals surface area contributed by atoms with Gasteiger partial charge in [0.25, 0.3) is 6.71 Å². The number of rotatable bonds is 5. The fourth-order valence-corrected chi connectivity index (χ4v) is 12.4. The number of thiophene rings is 2. The summed E-state index contributed by atoms with van der Waals surface area (Å²) in [4.78, 5) is 5.21. The Morgan fingerprint density at radius 2 is 1.21 bits per heavy atom. The molecule has 0 saturated carbocycles. The number of anilines is 6. The summed E-state index contributed by atoms with van der Waals surface area (Å²) in [7, 11) is 0. The van der Waals surface area contributed by atoms with Crippen molar-refractivity contribution in [2.75, 3.05) is 9.80 Å². The zero-order valence-corrected chi connectivity index (χ0v) is 39.0. The van der Waals surface area contributed by atoms with Gasteiger partial charge < -0.3 is 9.80 Å². The number of benzene rings is 7. The molecule has 2 aliphatic heterocycles. The fourth-order valence-electron chi connectivity index (χ4n) is 10.00. The number of fused-ring (bicyclic) bond motifs is 9. The third kappa shape index (κ3) is 6.10. The second-order valence-corrected chi connectivity index (χ2v) is 22.0. The second kappa shape index (κ2) is 14.2. The normalized spacial score (nSPS) is 13.7. The molecule has 0 aliphatic carbocycles. The van der Waals surface area contributed by atoms with Crippen molar-refractivity contribution in [2.45, 2.75) is 85.5 Å². The summed E-state index contributed by atoms with van der Waals surface area (Å²) >= 11 is 3.87. The molecule has 0 unspecified atom stereocenters. The van der Waals surface area contributed by atoms with E-state index in [1.54, 1.807) is 0 Å². The first-order valence-electron chi connectivity index (χ1n) is 22.4. The molecule has 0 spiro atoms. The second-order valence-electron chi connectivity index (χ2n) is 19.9. The van der Waals surface area contributed by atoms with E-state index in [0.29, 0.717) is 5.92 Å². The molecule has 4 heterocycles. The van der Waals surface area contributed by atoms with Crippen molar-refractivity contribution in [1.82, 2.24) is 0 Å². The van der Waals surface area contributed by atoms with E-state index in [-0.39, 0.29) is 17.5 Å². The fraction of sp³-hybridized carbons (Fsp3) is 0.228. The van der Waals surface area contributed by atoms with Crippen molar-refractivity contribution in [3.8, 4) is 11.1 Å². The van der Waals surface area contributed by atoms with Crippen LogP contribution in [0.2, 0.25) is 0 Å². The molecule has 306 valence electrons. The van der Waals surface area contributed by atoms with Gasteiger partial charge in [0, 0.05) is 63.3 Å². The predicted molar refractivity (Wildman–Crippen MR) is 275 cm³/mol. The lowest BCUT2D eigenvalue weighted by Gasteiger charge is -2.43. The first-order valence-corrected chi connectivity index (χ1v) is 24.0. The lowest BCUT2D eigenvalue weighted by Crippen LogP contribution is -2.60. The van der Waals surface area contributed by atoms with Gasteiger partial charge in [0.05, 0.1) is 11.4 Å². The van der Waals surface area contributed by atoms with Crippen molar-refractivity contribution < 1.29 is 0 Å². The van der Waals surface area contributed by atoms with Crippen LogP contribution in [0.4, 0.5) is 34.1 Å². The summed E-state index contributed by atoms with van der Waals surface area (Å²) in [5.74, 6) is 0.396. The highest BCUT2D eigenvalue weighted by atomic mass is 32.1. The first kappa shape index (κ1) is 39.2. The third-order valence-corrected chi connectivity index (χ3v) is 15.9. The van der Waals surface area contributed by atoms with Crippen LogP contribution in [0.3, 0.4) is 0 Å². The molecule has 0 amide bonds. The lowest BCUT2D eigenvalue weighted by molar-refractivity contribution is 0.590. The molecule has 5 heteroatoms. The van der Waals surface area contributed by atoms with Gasteiger partial charge in [-0.25, -0.2) is 0 Å². The van der Waals surface area contributed by atoms with E-state index in [1.807, 2.05) is 22.7 Å². The Kier molecular flexibility index (Phi) is 8.99. The number of nitrogens with zero attached hydrogens (tertiary/aromatic N) is 2. The van der Waals surface area contributed by atoms with Gasteiger partial charge in [-0.2, -0.15) is 0 Å². The minimum atomic E-state index is -0.0201. The topological polar surface area (TPSA) is 6.48 Å². The molecule has 11 rings (SSSR count). The van der Waals surface area contributed by atoms with E-state index in [2.05, 4.69) is 212 Å². The van der Waals surface area contributed by atoms with Crippen LogP contribution in [0.15, 0.2) is 140 Å². The monoisotopic (exact) mass is 840 g/mol. The number of hydrogen-bond donors (Lipinski definition) is 0. The van der Waals surface area contributed by atoms with Gasteiger partial charge in [-0.05, 0) is 135 Å². The van der Waals surface area contributed by atoms with Gasteiger partial charge in [-0.3, -0.25) is 0 Å². The third-order valence-electron chi connectivity index (χ3n) is 13.5. The maximum atomic E-state index is 2.61. The van der Waals surface area contributed by atoms with Crippen LogP contribution in [0.1, 0.15) is 90.5 Å². The summed E-state index contributed by atoms with van der Waals surface area (Å²) < 4.78 is 5.42. The minimum absolute atomic E-state index is 0.0201. The summed E-state index contributed by atoms with van der Waals surface area (Å²) in [5.41, 5.74) is 18.2. The van der Waals surface area contributed by atoms with Crippen molar-refractivity contribution in [3.63, 3.8) is 0 Å². The molecule has 9 aromatic rings. The van der Waals surface area contributed by atoms with Gasteiger partial charge >= 0.3 is 0 Å². The maximum absolute atomic E-state index is 2.61. The molecule has 0 fully saturated rings. The first-order chi connectivity index (χ1) is 29.8. The van der Waals surface area contributed by atoms with Crippen LogP contribution in [-0.4, -0.2) is 6.71 Å². The Hall–Kier alpha value is -5.62. The average molecular weight is 841 g/mol. The van der Waals surface area contributed by atoms with E-state index >= 15 is 0 Å². The molecule has 2 aromatic heterocycles. The maximum Gasteiger partial charge on any atom is 0.264 e. The summed E-state index contributed by atoms with van der Waals surface area (Å²) in [5, 5.41) is 3.99. The van der Waals surface area contributed by atoms with E-state index in [9.17, 15) is 0 Å². The van der Waals surface area contributed by atoms with Crippen LogP contribution < -0.4 is 25.5 Å². The molecule has 0 bridgehead atoms. The predicted octanol–water partition coefficient (Wildman–Crippen LogP) is 15.3. The molecule has 0 atom stereocenters. The molecule has 7 aromatic carbocycles. The van der Waals surface area contributed by atoms with Crippen molar-refractivity contribution in [3.05, 3.63) is 162 Å². The largest absolute Gasteiger partial charge is 0.311 e. The van der Waals surface area contributed by atoms with E-state index < -0.39 is 0 Å². The molecule has 62 heavy (non-hydrogen) atoms. The molecular formula is C57H53BN2S2. The Morgan fingerprint density at radius 1 is 0.548 bits per heavy atom. The highest BCUT2D eigenvalue weighted by Crippen LogP contribution is 2.50. The smallest absolute Gasteiger partial charge is 0.264 e. The average Bonchev–Trinajstić information content (AvgIpc) is 3.83. The molecule has 0 N–H and O–H groups in total. The standard InChI is InChI=1S/C57H53BN2S2/c1-10-35-18-24-40(25-19-35)59-48-15-13-16-49-53(48)58(55-54(59)44-33-39(57(7,8)9)23-29-52(44)62-55)45-31-36(34(2)3)20-26-47(45)60(49)46-27-22-38(56(4,5)6)32-42(46)37-21-28-51-43(30-37)41-14-11-12-17-50(41)61-51/h11-34H,10H2,1-9H3. The molecular weight excluding hydrogens is 788 g/mol. The number of hydrogen-bond acceptors (Lipinski definition) is 4. The van der Waals surface area contributed by atoms with Crippen LogP contribution in [0.5, 0.6) is 0 Å². The summed E-state index contributed by atoms with van der Waals surface area (Å²) in [6.07, 6.45) is 1.01. The highest BCUT2D eigenvalue weighted by Gasteiger charge is 2.45.